The van der Waals surface area contributed by atoms with Gasteiger partial charge in [-0.25, -0.2) is 9.59 Å². The largest absolute Gasteiger partial charge is 0.480 e. The van der Waals surface area contributed by atoms with Crippen LogP contribution >= 0.6 is 12.6 Å². The number of fused-ring (bicyclic) bond motifs is 1. The van der Waals surface area contributed by atoms with Gasteiger partial charge in [-0.15, -0.1) is 0 Å². The van der Waals surface area contributed by atoms with Gasteiger partial charge in [0.2, 0.25) is 5.91 Å². The van der Waals surface area contributed by atoms with Crippen molar-refractivity contribution < 1.29 is 19.1 Å². The standard InChI is InChI=1S/C15H16N2O5S/c1-8-4-14(19)22-12-5-9(2-3-10(8)12)16-6-13(18)17-11(7-23)15(20)21/h2-5,11,16,23H,6-7H2,1H3,(H,17,18)(H,20,21). The van der Waals surface area contributed by atoms with E-state index in [0.29, 0.717) is 11.3 Å². The Labute approximate surface area is 137 Å². The highest BCUT2D eigenvalue weighted by molar-refractivity contribution is 7.80. The van der Waals surface area contributed by atoms with Gasteiger partial charge >= 0.3 is 11.6 Å². The predicted octanol–water partition coefficient (Wildman–Crippen LogP) is 1.01. The minimum absolute atomic E-state index is 0.00147. The number of carboxylic acid groups (broad SMARTS) is 1. The van der Waals surface area contributed by atoms with E-state index in [0.717, 1.165) is 10.9 Å². The second-order valence-corrected chi connectivity index (χ2v) is 5.32. The number of carboxylic acids is 1. The van der Waals surface area contributed by atoms with Crippen LogP contribution in [0, 0.1) is 6.92 Å². The Morgan fingerprint density at radius 1 is 1.35 bits per heavy atom. The zero-order valence-corrected chi connectivity index (χ0v) is 13.2. The number of aryl methyl sites for hydroxylation is 1. The van der Waals surface area contributed by atoms with E-state index in [4.69, 9.17) is 9.52 Å². The summed E-state index contributed by atoms with van der Waals surface area (Å²) < 4.78 is 5.12. The van der Waals surface area contributed by atoms with Crippen LogP contribution in [-0.2, 0) is 9.59 Å². The lowest BCUT2D eigenvalue weighted by atomic mass is 10.1. The molecular formula is C15H16N2O5S. The molecule has 0 bridgehead atoms. The Morgan fingerprint density at radius 3 is 2.74 bits per heavy atom. The summed E-state index contributed by atoms with van der Waals surface area (Å²) >= 11 is 3.87. The Hall–Kier alpha value is -2.48. The maximum Gasteiger partial charge on any atom is 0.336 e. The number of hydrogen-bond acceptors (Lipinski definition) is 6. The van der Waals surface area contributed by atoms with E-state index < -0.39 is 23.5 Å². The zero-order chi connectivity index (χ0) is 17.0. The maximum absolute atomic E-state index is 11.7. The Morgan fingerprint density at radius 2 is 2.09 bits per heavy atom. The van der Waals surface area contributed by atoms with E-state index in [2.05, 4.69) is 23.3 Å². The number of benzene rings is 1. The van der Waals surface area contributed by atoms with Crippen molar-refractivity contribution in [3.8, 4) is 0 Å². The van der Waals surface area contributed by atoms with Crippen molar-refractivity contribution in [3.63, 3.8) is 0 Å². The molecule has 1 atom stereocenters. The summed E-state index contributed by atoms with van der Waals surface area (Å²) in [5.74, 6) is -1.62. The molecule has 0 radical (unpaired) electrons. The molecule has 2 aromatic rings. The number of aliphatic carboxylic acids is 1. The van der Waals surface area contributed by atoms with E-state index in [1.54, 1.807) is 18.2 Å². The molecule has 1 heterocycles. The van der Waals surface area contributed by atoms with Crippen LogP contribution in [0.15, 0.2) is 33.5 Å². The number of nitrogens with one attached hydrogen (secondary N) is 2. The molecule has 0 aliphatic rings. The van der Waals surface area contributed by atoms with Gasteiger partial charge in [-0.1, -0.05) is 0 Å². The fourth-order valence-corrected chi connectivity index (χ4v) is 2.30. The molecule has 1 aromatic heterocycles. The van der Waals surface area contributed by atoms with Crippen LogP contribution in [0.5, 0.6) is 0 Å². The molecule has 1 unspecified atom stereocenters. The average Bonchev–Trinajstić information content (AvgIpc) is 2.49. The fourth-order valence-electron chi connectivity index (χ4n) is 2.05. The lowest BCUT2D eigenvalue weighted by molar-refractivity contribution is -0.140. The van der Waals surface area contributed by atoms with Gasteiger partial charge in [-0.2, -0.15) is 12.6 Å². The fraction of sp³-hybridized carbons (Fsp3) is 0.267. The molecule has 7 nitrogen and oxygen atoms in total. The average molecular weight is 336 g/mol. The highest BCUT2D eigenvalue weighted by atomic mass is 32.1. The number of anilines is 1. The second kappa shape index (κ2) is 7.19. The molecule has 122 valence electrons. The third kappa shape index (κ3) is 4.26. The lowest BCUT2D eigenvalue weighted by Crippen LogP contribution is -2.44. The minimum Gasteiger partial charge on any atom is -0.480 e. The van der Waals surface area contributed by atoms with Gasteiger partial charge in [-0.3, -0.25) is 4.79 Å². The van der Waals surface area contributed by atoms with Crippen LogP contribution in [0.2, 0.25) is 0 Å². The van der Waals surface area contributed by atoms with E-state index in [1.165, 1.54) is 6.07 Å². The summed E-state index contributed by atoms with van der Waals surface area (Å²) in [5, 5.41) is 14.9. The van der Waals surface area contributed by atoms with Gasteiger partial charge < -0.3 is 20.2 Å². The van der Waals surface area contributed by atoms with E-state index in [-0.39, 0.29) is 12.3 Å². The molecule has 8 heteroatoms. The first-order valence-electron chi connectivity index (χ1n) is 6.82. The zero-order valence-electron chi connectivity index (χ0n) is 12.3. The number of rotatable bonds is 6. The molecule has 0 spiro atoms. The van der Waals surface area contributed by atoms with Crippen LogP contribution in [0.1, 0.15) is 5.56 Å². The Kier molecular flexibility index (Phi) is 5.28. The van der Waals surface area contributed by atoms with Crippen LogP contribution < -0.4 is 16.3 Å². The van der Waals surface area contributed by atoms with Gasteiger partial charge in [0.15, 0.2) is 0 Å². The molecule has 23 heavy (non-hydrogen) atoms. The molecule has 3 N–H and O–H groups in total. The van der Waals surface area contributed by atoms with Crippen LogP contribution in [0.4, 0.5) is 5.69 Å². The Balaban J connectivity index is 2.06. The van der Waals surface area contributed by atoms with Gasteiger partial charge in [0.05, 0.1) is 6.54 Å². The monoisotopic (exact) mass is 336 g/mol. The SMILES string of the molecule is Cc1cc(=O)oc2cc(NCC(=O)NC(CS)C(=O)O)ccc12. The number of carbonyl (C=O) groups excluding carboxylic acids is 1. The predicted molar refractivity (Wildman–Crippen MR) is 89.1 cm³/mol. The third-order valence-corrected chi connectivity index (χ3v) is 3.59. The second-order valence-electron chi connectivity index (χ2n) is 4.95. The van der Waals surface area contributed by atoms with Gasteiger partial charge in [0.1, 0.15) is 11.6 Å². The summed E-state index contributed by atoms with van der Waals surface area (Å²) in [6.07, 6.45) is 0. The van der Waals surface area contributed by atoms with Crippen LogP contribution in [0.25, 0.3) is 11.0 Å². The number of hydrogen-bond donors (Lipinski definition) is 4. The van der Waals surface area contributed by atoms with Gasteiger partial charge in [-0.05, 0) is 24.6 Å². The first-order valence-corrected chi connectivity index (χ1v) is 7.45. The number of thiol groups is 1. The lowest BCUT2D eigenvalue weighted by Gasteiger charge is -2.13. The molecule has 0 saturated heterocycles. The molecule has 1 amide bonds. The van der Waals surface area contributed by atoms with E-state index in [9.17, 15) is 14.4 Å². The van der Waals surface area contributed by atoms with Crippen molar-refractivity contribution in [3.05, 3.63) is 40.2 Å². The van der Waals surface area contributed by atoms with Crippen molar-refractivity contribution in [1.29, 1.82) is 0 Å². The summed E-state index contributed by atoms with van der Waals surface area (Å²) in [6.45, 7) is 1.70. The summed E-state index contributed by atoms with van der Waals surface area (Å²) in [4.78, 5) is 33.9. The molecule has 0 saturated carbocycles. The van der Waals surface area contributed by atoms with Crippen LogP contribution in [-0.4, -0.2) is 35.3 Å². The topological polar surface area (TPSA) is 109 Å². The van der Waals surface area contributed by atoms with Crippen molar-refractivity contribution >= 4 is 41.2 Å². The normalized spacial score (nSPS) is 11.9. The van der Waals surface area contributed by atoms with E-state index >= 15 is 0 Å². The maximum atomic E-state index is 11.7. The van der Waals surface area contributed by atoms with Crippen LogP contribution in [0.3, 0.4) is 0 Å². The third-order valence-electron chi connectivity index (χ3n) is 3.22. The minimum atomic E-state index is -1.14. The van der Waals surface area contributed by atoms with E-state index in [1.807, 2.05) is 6.92 Å². The molecule has 0 aliphatic carbocycles. The highest BCUT2D eigenvalue weighted by Gasteiger charge is 2.17. The molecule has 1 aromatic carbocycles. The molecular weight excluding hydrogens is 320 g/mol. The number of carbonyl (C=O) groups is 2. The molecule has 0 aliphatic heterocycles. The first-order chi connectivity index (χ1) is 10.9. The summed E-state index contributed by atoms with van der Waals surface area (Å²) in [5.41, 5.74) is 1.36. The van der Waals surface area contributed by atoms with Gasteiger partial charge in [0, 0.05) is 29.0 Å². The quantitative estimate of drug-likeness (QED) is 0.463. The van der Waals surface area contributed by atoms with Crippen molar-refractivity contribution in [2.24, 2.45) is 0 Å². The first kappa shape index (κ1) is 16.9. The number of amides is 1. The van der Waals surface area contributed by atoms with Crippen molar-refractivity contribution in [2.45, 2.75) is 13.0 Å². The highest BCUT2D eigenvalue weighted by Crippen LogP contribution is 2.20. The van der Waals surface area contributed by atoms with Crippen molar-refractivity contribution in [2.75, 3.05) is 17.6 Å². The van der Waals surface area contributed by atoms with Gasteiger partial charge in [0.25, 0.3) is 0 Å². The smallest absolute Gasteiger partial charge is 0.336 e. The molecule has 0 fully saturated rings. The summed E-state index contributed by atoms with van der Waals surface area (Å²) in [7, 11) is 0. The molecule has 2 rings (SSSR count). The van der Waals surface area contributed by atoms with Crippen molar-refractivity contribution in [1.82, 2.24) is 5.32 Å². The summed E-state index contributed by atoms with van der Waals surface area (Å²) in [6, 6.07) is 5.51. The Bertz CT molecular complexity index is 802.